The molecule has 1 saturated heterocycles. The smallest absolute Gasteiger partial charge is 0.399 e. The highest BCUT2D eigenvalue weighted by Gasteiger charge is 2.51. The summed E-state index contributed by atoms with van der Waals surface area (Å²) in [5, 5.41) is 4.31. The monoisotopic (exact) mass is 932 g/mol. The highest BCUT2D eigenvalue weighted by molar-refractivity contribution is 9.11. The van der Waals surface area contributed by atoms with Crippen molar-refractivity contribution in [1.29, 1.82) is 0 Å². The summed E-state index contributed by atoms with van der Waals surface area (Å²) in [6, 6.07) is 44.6. The molecule has 1 aliphatic heterocycles. The zero-order chi connectivity index (χ0) is 39.9. The van der Waals surface area contributed by atoms with Gasteiger partial charge >= 0.3 is 7.12 Å². The van der Waals surface area contributed by atoms with Crippen LogP contribution in [0.3, 0.4) is 0 Å². The summed E-state index contributed by atoms with van der Waals surface area (Å²) in [5.41, 5.74) is 6.27. The van der Waals surface area contributed by atoms with Gasteiger partial charge in [0.1, 0.15) is 0 Å². The maximum absolute atomic E-state index is 12.2. The highest BCUT2D eigenvalue weighted by Crippen LogP contribution is 2.37. The van der Waals surface area contributed by atoms with Gasteiger partial charge in [0.25, 0.3) is 0 Å². The third kappa shape index (κ3) is 7.82. The van der Waals surface area contributed by atoms with E-state index in [1.54, 1.807) is 23.0 Å². The second kappa shape index (κ2) is 15.9. The van der Waals surface area contributed by atoms with Crippen LogP contribution in [0.5, 0.6) is 0 Å². The van der Waals surface area contributed by atoms with Crippen LogP contribution >= 0.6 is 47.8 Å². The minimum Gasteiger partial charge on any atom is -0.399 e. The van der Waals surface area contributed by atoms with Crippen LogP contribution in [-0.4, -0.2) is 39.3 Å². The number of rotatable bonds is 2. The normalized spacial score (nSPS) is 14.4. The van der Waals surface area contributed by atoms with Gasteiger partial charge in [-0.3, -0.25) is 18.7 Å². The first-order valence-corrected chi connectivity index (χ1v) is 20.6. The second-order valence-electron chi connectivity index (χ2n) is 14.8. The number of hydrogen-bond donors (Lipinski definition) is 0. The predicted molar refractivity (Wildman–Crippen MR) is 242 cm³/mol. The van der Waals surface area contributed by atoms with Gasteiger partial charge in [0.15, 0.2) is 0 Å². The van der Waals surface area contributed by atoms with Gasteiger partial charge in [-0.25, -0.2) is 0 Å². The molecular formula is C46H40BBr3N2O4. The van der Waals surface area contributed by atoms with Crippen molar-refractivity contribution in [3.63, 3.8) is 0 Å². The van der Waals surface area contributed by atoms with E-state index in [1.807, 2.05) is 125 Å². The molecule has 56 heavy (non-hydrogen) atoms. The van der Waals surface area contributed by atoms with Gasteiger partial charge < -0.3 is 9.31 Å². The average molecular weight is 935 g/mol. The Kier molecular flexibility index (Phi) is 11.3. The Hall–Kier alpha value is -4.32. The van der Waals surface area contributed by atoms with Crippen molar-refractivity contribution < 1.29 is 18.9 Å². The number of nitrogens with zero attached hydrogens (tertiary/aromatic N) is 2. The van der Waals surface area contributed by atoms with E-state index >= 15 is 0 Å². The number of halogens is 3. The lowest BCUT2D eigenvalue weighted by atomic mass is 9.78. The van der Waals surface area contributed by atoms with Crippen LogP contribution in [0, 0.1) is 0 Å². The van der Waals surface area contributed by atoms with E-state index in [4.69, 9.17) is 9.31 Å². The zero-order valence-corrected chi connectivity index (χ0v) is 36.7. The molecule has 0 unspecified atom stereocenters. The van der Waals surface area contributed by atoms with Gasteiger partial charge in [-0.1, -0.05) is 121 Å². The van der Waals surface area contributed by atoms with Crippen molar-refractivity contribution in [2.75, 3.05) is 0 Å². The van der Waals surface area contributed by atoms with E-state index < -0.39 is 7.12 Å². The molecule has 0 saturated carbocycles. The van der Waals surface area contributed by atoms with E-state index in [0.29, 0.717) is 0 Å². The molecule has 8 aromatic rings. The Bertz CT molecular complexity index is 2750. The Balaban J connectivity index is 0.000000144. The summed E-state index contributed by atoms with van der Waals surface area (Å²) in [7, 11) is -0.408. The van der Waals surface area contributed by atoms with Crippen molar-refractivity contribution in [3.8, 4) is 11.1 Å². The standard InChI is InChI=1S/C20H22BNO3.C20H14BrNO.C6H4Br2/c1-13(23)22-17-9-7-6-8-15(17)16-12-14(10-11-18(16)22)21-24-19(2,3)20(4,5)25-21;1-13(23)22-19-8-3-2-7-17(19)18-12-15(9-10-20(18)22)14-5-4-6-16(21)11-14;7-5-2-1-3-6(8)4-5/h6-12H,1-5H3;2-12H,1H3;1-4H. The molecule has 0 N–H and O–H groups in total. The molecule has 1 fully saturated rings. The molecule has 3 heterocycles. The molecule has 10 heteroatoms. The molecule has 282 valence electrons. The average Bonchev–Trinajstić information content (AvgIpc) is 3.75. The van der Waals surface area contributed by atoms with Crippen molar-refractivity contribution >= 4 is 116 Å². The van der Waals surface area contributed by atoms with Gasteiger partial charge in [0.2, 0.25) is 11.8 Å². The van der Waals surface area contributed by atoms with Gasteiger partial charge in [0.05, 0.1) is 33.3 Å². The number of fused-ring (bicyclic) bond motifs is 6. The fourth-order valence-corrected chi connectivity index (χ4v) is 8.58. The van der Waals surface area contributed by atoms with Crippen LogP contribution in [0.25, 0.3) is 54.7 Å². The molecular weight excluding hydrogens is 895 g/mol. The lowest BCUT2D eigenvalue weighted by molar-refractivity contribution is 0.00578. The number of hydrogen-bond acceptors (Lipinski definition) is 4. The SMILES string of the molecule is Brc1cccc(Br)c1.CC(=O)n1c2ccccc2c2cc(-c3cccc(Br)c3)ccc21.CC(=O)n1c2ccccc2c2cc(B3OC(C)(C)C(C)(C)O3)ccc21. The number of carbonyl (C=O) groups excluding carboxylic acids is 2. The van der Waals surface area contributed by atoms with Crippen molar-refractivity contribution in [2.45, 2.75) is 52.7 Å². The van der Waals surface area contributed by atoms with Gasteiger partial charge in [-0.05, 0) is 105 Å². The van der Waals surface area contributed by atoms with Crippen molar-refractivity contribution in [2.24, 2.45) is 0 Å². The molecule has 0 spiro atoms. The number of carbonyl (C=O) groups is 2. The van der Waals surface area contributed by atoms with E-state index in [-0.39, 0.29) is 23.0 Å². The van der Waals surface area contributed by atoms with E-state index in [1.165, 1.54) is 0 Å². The first-order chi connectivity index (χ1) is 26.6. The van der Waals surface area contributed by atoms with Crippen LogP contribution < -0.4 is 5.46 Å². The maximum atomic E-state index is 12.2. The molecule has 0 amide bonds. The number of aromatic nitrogens is 2. The first kappa shape index (κ1) is 39.9. The first-order valence-electron chi connectivity index (χ1n) is 18.3. The summed E-state index contributed by atoms with van der Waals surface area (Å²) in [6.45, 7) is 11.4. The minimum absolute atomic E-state index is 0.00887. The summed E-state index contributed by atoms with van der Waals surface area (Å²) in [4.78, 5) is 24.3. The molecule has 6 aromatic carbocycles. The number of benzene rings is 6. The largest absolute Gasteiger partial charge is 0.494 e. The molecule has 6 nitrogen and oxygen atoms in total. The summed E-state index contributed by atoms with van der Waals surface area (Å²) < 4.78 is 19.2. The van der Waals surface area contributed by atoms with E-state index in [2.05, 4.69) is 84.2 Å². The Morgan fingerprint density at radius 1 is 0.482 bits per heavy atom. The van der Waals surface area contributed by atoms with Crippen LogP contribution in [0.2, 0.25) is 0 Å². The highest BCUT2D eigenvalue weighted by atomic mass is 79.9. The quantitative estimate of drug-likeness (QED) is 0.162. The topological polar surface area (TPSA) is 62.5 Å². The zero-order valence-electron chi connectivity index (χ0n) is 31.9. The lowest BCUT2D eigenvalue weighted by Crippen LogP contribution is -2.41. The van der Waals surface area contributed by atoms with Crippen LogP contribution in [-0.2, 0) is 9.31 Å². The predicted octanol–water partition coefficient (Wildman–Crippen LogP) is 12.8. The van der Waals surface area contributed by atoms with Gasteiger partial charge in [-0.2, -0.15) is 0 Å². The van der Waals surface area contributed by atoms with Gasteiger partial charge in [-0.15, -0.1) is 0 Å². The van der Waals surface area contributed by atoms with E-state index in [9.17, 15) is 9.59 Å². The van der Waals surface area contributed by atoms with E-state index in [0.717, 1.165) is 73.6 Å². The van der Waals surface area contributed by atoms with Crippen LogP contribution in [0.1, 0.15) is 51.1 Å². The molecule has 0 radical (unpaired) electrons. The third-order valence-corrected chi connectivity index (χ3v) is 11.9. The van der Waals surface area contributed by atoms with Crippen molar-refractivity contribution in [3.05, 3.63) is 147 Å². The van der Waals surface area contributed by atoms with Crippen molar-refractivity contribution in [1.82, 2.24) is 9.13 Å². The molecule has 0 atom stereocenters. The summed E-state index contributed by atoms with van der Waals surface area (Å²) in [6.07, 6.45) is 0. The fraction of sp³-hybridized carbons (Fsp3) is 0.174. The lowest BCUT2D eigenvalue weighted by Gasteiger charge is -2.32. The summed E-state index contributed by atoms with van der Waals surface area (Å²) >= 11 is 10.2. The third-order valence-electron chi connectivity index (χ3n) is 10.5. The molecule has 2 aromatic heterocycles. The summed E-state index contributed by atoms with van der Waals surface area (Å²) in [5.74, 6) is 0.0426. The van der Waals surface area contributed by atoms with Crippen LogP contribution in [0.15, 0.2) is 147 Å². The Labute approximate surface area is 352 Å². The fourth-order valence-electron chi connectivity index (χ4n) is 7.08. The second-order valence-corrected chi connectivity index (χ2v) is 17.5. The molecule has 9 rings (SSSR count). The Morgan fingerprint density at radius 3 is 1.39 bits per heavy atom. The van der Waals surface area contributed by atoms with Gasteiger partial charge in [0, 0.05) is 48.8 Å². The Morgan fingerprint density at radius 2 is 0.911 bits per heavy atom. The maximum Gasteiger partial charge on any atom is 0.494 e. The van der Waals surface area contributed by atoms with Crippen LogP contribution in [0.4, 0.5) is 0 Å². The molecule has 1 aliphatic rings. The molecule has 0 bridgehead atoms. The molecule has 0 aliphatic carbocycles. The number of para-hydroxylation sites is 2. The minimum atomic E-state index is -0.408.